The summed E-state index contributed by atoms with van der Waals surface area (Å²) in [5.41, 5.74) is 1.13. The number of rotatable bonds is 8. The number of pyridine rings is 1. The van der Waals surface area contributed by atoms with Gasteiger partial charge in [-0.15, -0.1) is 0 Å². The van der Waals surface area contributed by atoms with E-state index in [9.17, 15) is 4.79 Å². The van der Waals surface area contributed by atoms with Gasteiger partial charge < -0.3 is 10.1 Å². The predicted octanol–water partition coefficient (Wildman–Crippen LogP) is 4.39. The van der Waals surface area contributed by atoms with Crippen LogP contribution in [-0.2, 0) is 11.3 Å². The highest BCUT2D eigenvalue weighted by Crippen LogP contribution is 2.27. The molecule has 3 rings (SSSR count). The number of piperidine rings is 1. The van der Waals surface area contributed by atoms with Crippen molar-refractivity contribution in [2.75, 3.05) is 13.1 Å². The Morgan fingerprint density at radius 2 is 2.18 bits per heavy atom. The molecule has 150 valence electrons. The maximum absolute atomic E-state index is 12.6. The third kappa shape index (κ3) is 5.80. The molecule has 1 N–H and O–H groups in total. The molecule has 0 radical (unpaired) electrons. The SMILES string of the molecule is CCCC(C)NC(=O)C1CCCN(Cc2ccccc2Oc2cccnc2)C1. The van der Waals surface area contributed by atoms with E-state index in [1.807, 2.05) is 30.3 Å². The number of ether oxygens (including phenoxy) is 1. The van der Waals surface area contributed by atoms with Crippen molar-refractivity contribution >= 4 is 5.91 Å². The lowest BCUT2D eigenvalue weighted by Gasteiger charge is -2.33. The van der Waals surface area contributed by atoms with Crippen LogP contribution >= 0.6 is 0 Å². The maximum Gasteiger partial charge on any atom is 0.224 e. The van der Waals surface area contributed by atoms with Gasteiger partial charge in [-0.2, -0.15) is 0 Å². The van der Waals surface area contributed by atoms with Crippen LogP contribution in [0.25, 0.3) is 0 Å². The maximum atomic E-state index is 12.6. The lowest BCUT2D eigenvalue weighted by molar-refractivity contribution is -0.127. The van der Waals surface area contributed by atoms with E-state index in [1.165, 1.54) is 0 Å². The molecule has 0 bridgehead atoms. The molecule has 2 unspecified atom stereocenters. The fourth-order valence-corrected chi connectivity index (χ4v) is 3.79. The molecule has 5 heteroatoms. The Hall–Kier alpha value is -2.40. The van der Waals surface area contributed by atoms with E-state index >= 15 is 0 Å². The minimum absolute atomic E-state index is 0.0689. The summed E-state index contributed by atoms with van der Waals surface area (Å²) in [6, 6.07) is 12.1. The summed E-state index contributed by atoms with van der Waals surface area (Å²) < 4.78 is 6.04. The highest BCUT2D eigenvalue weighted by molar-refractivity contribution is 5.79. The second kappa shape index (κ2) is 10.2. The molecular formula is C23H31N3O2. The van der Waals surface area contributed by atoms with Crippen LogP contribution in [0.2, 0.25) is 0 Å². The Balaban J connectivity index is 1.61. The molecule has 0 aliphatic carbocycles. The molecule has 2 heterocycles. The topological polar surface area (TPSA) is 54.5 Å². The molecule has 1 aliphatic heterocycles. The molecule has 0 saturated carbocycles. The predicted molar refractivity (Wildman–Crippen MR) is 111 cm³/mol. The number of hydrogen-bond acceptors (Lipinski definition) is 4. The molecule has 2 aromatic rings. The van der Waals surface area contributed by atoms with Gasteiger partial charge in [0.15, 0.2) is 0 Å². The summed E-state index contributed by atoms with van der Waals surface area (Å²) in [5, 5.41) is 3.18. The minimum atomic E-state index is 0.0689. The number of benzene rings is 1. The number of carbonyl (C=O) groups is 1. The summed E-state index contributed by atoms with van der Waals surface area (Å²) in [5.74, 6) is 1.85. The van der Waals surface area contributed by atoms with Crippen LogP contribution in [0, 0.1) is 5.92 Å². The van der Waals surface area contributed by atoms with Crippen molar-refractivity contribution in [2.24, 2.45) is 5.92 Å². The van der Waals surface area contributed by atoms with Gasteiger partial charge in [0.2, 0.25) is 5.91 Å². The van der Waals surface area contributed by atoms with Crippen molar-refractivity contribution in [2.45, 2.75) is 52.1 Å². The molecule has 1 saturated heterocycles. The second-order valence-electron chi connectivity index (χ2n) is 7.67. The zero-order valence-corrected chi connectivity index (χ0v) is 16.9. The zero-order chi connectivity index (χ0) is 19.8. The third-order valence-electron chi connectivity index (χ3n) is 5.22. The Morgan fingerprint density at radius 1 is 1.32 bits per heavy atom. The Morgan fingerprint density at radius 3 is 2.96 bits per heavy atom. The number of para-hydroxylation sites is 1. The number of aromatic nitrogens is 1. The van der Waals surface area contributed by atoms with Crippen molar-refractivity contribution < 1.29 is 9.53 Å². The third-order valence-corrected chi connectivity index (χ3v) is 5.22. The normalized spacial score (nSPS) is 18.4. The van der Waals surface area contributed by atoms with Crippen molar-refractivity contribution in [3.63, 3.8) is 0 Å². The van der Waals surface area contributed by atoms with Gasteiger partial charge in [0, 0.05) is 30.9 Å². The lowest BCUT2D eigenvalue weighted by atomic mass is 9.96. The van der Waals surface area contributed by atoms with E-state index < -0.39 is 0 Å². The first-order valence-corrected chi connectivity index (χ1v) is 10.3. The highest BCUT2D eigenvalue weighted by Gasteiger charge is 2.26. The molecule has 28 heavy (non-hydrogen) atoms. The molecule has 0 spiro atoms. The number of nitrogens with zero attached hydrogens (tertiary/aromatic N) is 2. The number of amides is 1. The average molecular weight is 382 g/mol. The van der Waals surface area contributed by atoms with Gasteiger partial charge in [0.25, 0.3) is 0 Å². The van der Waals surface area contributed by atoms with Gasteiger partial charge in [-0.3, -0.25) is 14.7 Å². The molecule has 2 atom stereocenters. The van der Waals surface area contributed by atoms with Crippen LogP contribution in [0.15, 0.2) is 48.8 Å². The lowest BCUT2D eigenvalue weighted by Crippen LogP contribution is -2.45. The zero-order valence-electron chi connectivity index (χ0n) is 16.9. The number of hydrogen-bond donors (Lipinski definition) is 1. The fourth-order valence-electron chi connectivity index (χ4n) is 3.79. The number of carbonyl (C=O) groups excluding carboxylic acids is 1. The summed E-state index contributed by atoms with van der Waals surface area (Å²) in [6.07, 6.45) is 7.59. The smallest absolute Gasteiger partial charge is 0.224 e. The van der Waals surface area contributed by atoms with E-state index in [-0.39, 0.29) is 17.9 Å². The monoisotopic (exact) mass is 381 g/mol. The summed E-state index contributed by atoms with van der Waals surface area (Å²) in [4.78, 5) is 19.1. The molecule has 1 amide bonds. The Bertz CT molecular complexity index is 751. The van der Waals surface area contributed by atoms with Gasteiger partial charge in [0.1, 0.15) is 11.5 Å². The Kier molecular flexibility index (Phi) is 7.43. The van der Waals surface area contributed by atoms with Crippen molar-refractivity contribution in [1.82, 2.24) is 15.2 Å². The Labute approximate surface area is 168 Å². The van der Waals surface area contributed by atoms with Gasteiger partial charge in [-0.25, -0.2) is 0 Å². The fraction of sp³-hybridized carbons (Fsp3) is 0.478. The molecular weight excluding hydrogens is 350 g/mol. The quantitative estimate of drug-likeness (QED) is 0.737. The van der Waals surface area contributed by atoms with Crippen molar-refractivity contribution in [1.29, 1.82) is 0 Å². The van der Waals surface area contributed by atoms with Gasteiger partial charge in [-0.1, -0.05) is 31.5 Å². The second-order valence-corrected chi connectivity index (χ2v) is 7.67. The van der Waals surface area contributed by atoms with Gasteiger partial charge >= 0.3 is 0 Å². The van der Waals surface area contributed by atoms with E-state index in [4.69, 9.17) is 4.74 Å². The van der Waals surface area contributed by atoms with E-state index in [0.29, 0.717) is 0 Å². The first kappa shape index (κ1) is 20.3. The van der Waals surface area contributed by atoms with Crippen LogP contribution in [-0.4, -0.2) is 34.9 Å². The minimum Gasteiger partial charge on any atom is -0.455 e. The molecule has 1 aromatic carbocycles. The number of likely N-dealkylation sites (tertiary alicyclic amines) is 1. The molecule has 1 aliphatic rings. The highest BCUT2D eigenvalue weighted by atomic mass is 16.5. The van der Waals surface area contributed by atoms with E-state index in [1.54, 1.807) is 12.4 Å². The van der Waals surface area contributed by atoms with Crippen LogP contribution < -0.4 is 10.1 Å². The summed E-state index contributed by atoms with van der Waals surface area (Å²) in [7, 11) is 0. The molecule has 1 aromatic heterocycles. The molecule has 5 nitrogen and oxygen atoms in total. The standard InChI is InChI=1S/C23H31N3O2/c1-3-8-18(2)25-23(27)20-10-7-14-26(17-20)16-19-9-4-5-12-22(19)28-21-11-6-13-24-15-21/h4-6,9,11-13,15,18,20H,3,7-8,10,14,16-17H2,1-2H3,(H,25,27). The molecule has 1 fully saturated rings. The van der Waals surface area contributed by atoms with Crippen molar-refractivity contribution in [3.8, 4) is 11.5 Å². The summed E-state index contributed by atoms with van der Waals surface area (Å²) in [6.45, 7) is 6.83. The van der Waals surface area contributed by atoms with Crippen molar-refractivity contribution in [3.05, 3.63) is 54.4 Å². The van der Waals surface area contributed by atoms with Gasteiger partial charge in [-0.05, 0) is 50.9 Å². The first-order chi connectivity index (χ1) is 13.7. The summed E-state index contributed by atoms with van der Waals surface area (Å²) >= 11 is 0. The van der Waals surface area contributed by atoms with Gasteiger partial charge in [0.05, 0.1) is 12.1 Å². The van der Waals surface area contributed by atoms with Crippen LogP contribution in [0.5, 0.6) is 11.5 Å². The average Bonchev–Trinajstić information content (AvgIpc) is 2.71. The van der Waals surface area contributed by atoms with E-state index in [0.717, 1.165) is 62.4 Å². The van der Waals surface area contributed by atoms with Crippen LogP contribution in [0.4, 0.5) is 0 Å². The van der Waals surface area contributed by atoms with Crippen LogP contribution in [0.1, 0.15) is 45.1 Å². The largest absolute Gasteiger partial charge is 0.455 e. The van der Waals surface area contributed by atoms with E-state index in [2.05, 4.69) is 35.1 Å². The first-order valence-electron chi connectivity index (χ1n) is 10.3. The van der Waals surface area contributed by atoms with Crippen LogP contribution in [0.3, 0.4) is 0 Å². The number of nitrogens with one attached hydrogen (secondary N) is 1.